The van der Waals surface area contributed by atoms with Gasteiger partial charge in [-0.3, -0.25) is 0 Å². The Balaban J connectivity index is 2.03. The number of methoxy groups -OCH3 is 1. The first-order chi connectivity index (χ1) is 10.2. The van der Waals surface area contributed by atoms with Crippen molar-refractivity contribution in [2.24, 2.45) is 0 Å². The Labute approximate surface area is 129 Å². The number of hydrogen-bond acceptors (Lipinski definition) is 4. The molecule has 0 bridgehead atoms. The second kappa shape index (κ2) is 7.79. The third-order valence-corrected chi connectivity index (χ3v) is 3.44. The van der Waals surface area contributed by atoms with Crippen molar-refractivity contribution in [1.29, 1.82) is 5.26 Å². The number of nitrogens with one attached hydrogen (secondary N) is 1. The highest BCUT2D eigenvalue weighted by Crippen LogP contribution is 2.19. The zero-order valence-corrected chi connectivity index (χ0v) is 12.6. The summed E-state index contributed by atoms with van der Waals surface area (Å²) in [6, 6.07) is 7.41. The molecule has 21 heavy (non-hydrogen) atoms. The number of hydrogen-bond donors (Lipinski definition) is 1. The Morgan fingerprint density at radius 3 is 3.05 bits per heavy atom. The predicted molar refractivity (Wildman–Crippen MR) is 81.1 cm³/mol. The number of ether oxygens (including phenoxy) is 1. The standard InChI is InChI=1S/C15H17ClN4O/c1-21-7-5-18-10-15-19-4-6-20(15)11-13-3-2-12(9-17)8-14(13)16/h2-4,6,8,18H,5,7,10-11H2,1H3. The third-order valence-electron chi connectivity index (χ3n) is 3.09. The van der Waals surface area contributed by atoms with E-state index in [-0.39, 0.29) is 0 Å². The Kier molecular flexibility index (Phi) is 5.76. The van der Waals surface area contributed by atoms with Crippen molar-refractivity contribution >= 4 is 11.6 Å². The highest BCUT2D eigenvalue weighted by molar-refractivity contribution is 6.31. The Morgan fingerprint density at radius 2 is 2.33 bits per heavy atom. The lowest BCUT2D eigenvalue weighted by atomic mass is 10.1. The fourth-order valence-electron chi connectivity index (χ4n) is 1.95. The van der Waals surface area contributed by atoms with Gasteiger partial charge in [0.25, 0.3) is 0 Å². The molecule has 5 nitrogen and oxygen atoms in total. The zero-order valence-electron chi connectivity index (χ0n) is 11.8. The summed E-state index contributed by atoms with van der Waals surface area (Å²) < 4.78 is 7.03. The second-order valence-electron chi connectivity index (χ2n) is 4.56. The first-order valence-electron chi connectivity index (χ1n) is 6.62. The van der Waals surface area contributed by atoms with Gasteiger partial charge in [-0.15, -0.1) is 0 Å². The maximum Gasteiger partial charge on any atom is 0.122 e. The number of nitrogens with zero attached hydrogens (tertiary/aromatic N) is 3. The second-order valence-corrected chi connectivity index (χ2v) is 4.97. The van der Waals surface area contributed by atoms with Gasteiger partial charge >= 0.3 is 0 Å². The van der Waals surface area contributed by atoms with Crippen molar-refractivity contribution in [1.82, 2.24) is 14.9 Å². The van der Waals surface area contributed by atoms with Crippen molar-refractivity contribution in [2.45, 2.75) is 13.1 Å². The number of aromatic nitrogens is 2. The SMILES string of the molecule is COCCNCc1nccn1Cc1ccc(C#N)cc1Cl. The quantitative estimate of drug-likeness (QED) is 0.797. The molecule has 0 aliphatic rings. The minimum atomic E-state index is 0.566. The minimum Gasteiger partial charge on any atom is -0.383 e. The van der Waals surface area contributed by atoms with Gasteiger partial charge in [0, 0.05) is 31.1 Å². The van der Waals surface area contributed by atoms with Gasteiger partial charge in [-0.25, -0.2) is 4.98 Å². The van der Waals surface area contributed by atoms with Gasteiger partial charge in [0.2, 0.25) is 0 Å². The van der Waals surface area contributed by atoms with Crippen LogP contribution < -0.4 is 5.32 Å². The van der Waals surface area contributed by atoms with E-state index < -0.39 is 0 Å². The third kappa shape index (κ3) is 4.30. The molecule has 6 heteroatoms. The molecule has 1 aromatic heterocycles. The van der Waals surface area contributed by atoms with E-state index in [9.17, 15) is 0 Å². The van der Waals surface area contributed by atoms with E-state index in [1.165, 1.54) is 0 Å². The number of nitriles is 1. The van der Waals surface area contributed by atoms with Crippen LogP contribution >= 0.6 is 11.6 Å². The van der Waals surface area contributed by atoms with Crippen LogP contribution in [-0.2, 0) is 17.8 Å². The number of rotatable bonds is 7. The molecular formula is C15H17ClN4O. The van der Waals surface area contributed by atoms with E-state index in [2.05, 4.69) is 16.4 Å². The molecular weight excluding hydrogens is 288 g/mol. The average Bonchev–Trinajstić information content (AvgIpc) is 2.93. The Bertz CT molecular complexity index is 633. The van der Waals surface area contributed by atoms with E-state index in [0.717, 1.165) is 17.9 Å². The van der Waals surface area contributed by atoms with Crippen LogP contribution in [0.1, 0.15) is 17.0 Å². The van der Waals surface area contributed by atoms with Crippen LogP contribution in [0.15, 0.2) is 30.6 Å². The first-order valence-corrected chi connectivity index (χ1v) is 7.00. The van der Waals surface area contributed by atoms with Crippen LogP contribution in [0.25, 0.3) is 0 Å². The molecule has 0 radical (unpaired) electrons. The van der Waals surface area contributed by atoms with E-state index >= 15 is 0 Å². The van der Waals surface area contributed by atoms with Crippen molar-refractivity contribution < 1.29 is 4.74 Å². The molecule has 0 spiro atoms. The van der Waals surface area contributed by atoms with Crippen LogP contribution in [0.5, 0.6) is 0 Å². The van der Waals surface area contributed by atoms with Crippen molar-refractivity contribution in [3.05, 3.63) is 52.6 Å². The van der Waals surface area contributed by atoms with Gasteiger partial charge in [0.15, 0.2) is 0 Å². The molecule has 0 saturated heterocycles. The molecule has 1 aromatic carbocycles. The molecule has 0 amide bonds. The van der Waals surface area contributed by atoms with Gasteiger partial charge in [-0.2, -0.15) is 5.26 Å². The van der Waals surface area contributed by atoms with E-state index in [4.69, 9.17) is 21.6 Å². The number of imidazole rings is 1. The van der Waals surface area contributed by atoms with Crippen LogP contribution in [0.4, 0.5) is 0 Å². The summed E-state index contributed by atoms with van der Waals surface area (Å²) in [6.07, 6.45) is 3.69. The largest absolute Gasteiger partial charge is 0.383 e. The van der Waals surface area contributed by atoms with E-state index in [1.54, 1.807) is 25.4 Å². The van der Waals surface area contributed by atoms with Crippen LogP contribution in [0.3, 0.4) is 0 Å². The van der Waals surface area contributed by atoms with Crippen molar-refractivity contribution in [3.8, 4) is 6.07 Å². The van der Waals surface area contributed by atoms with Gasteiger partial charge in [-0.1, -0.05) is 17.7 Å². The molecule has 1 N–H and O–H groups in total. The van der Waals surface area contributed by atoms with Gasteiger partial charge < -0.3 is 14.6 Å². The van der Waals surface area contributed by atoms with Gasteiger partial charge in [0.1, 0.15) is 5.82 Å². The molecule has 0 aliphatic heterocycles. The number of halogens is 1. The van der Waals surface area contributed by atoms with Gasteiger partial charge in [-0.05, 0) is 17.7 Å². The van der Waals surface area contributed by atoms with Crippen LogP contribution in [-0.4, -0.2) is 29.8 Å². The van der Waals surface area contributed by atoms with Crippen molar-refractivity contribution in [2.75, 3.05) is 20.3 Å². The molecule has 0 fully saturated rings. The topological polar surface area (TPSA) is 62.9 Å². The molecule has 1 heterocycles. The summed E-state index contributed by atoms with van der Waals surface area (Å²) in [5.74, 6) is 0.937. The summed E-state index contributed by atoms with van der Waals surface area (Å²) >= 11 is 6.21. The molecule has 2 aromatic rings. The highest BCUT2D eigenvalue weighted by Gasteiger charge is 2.07. The molecule has 0 unspecified atom stereocenters. The lowest BCUT2D eigenvalue weighted by molar-refractivity contribution is 0.199. The van der Waals surface area contributed by atoms with Crippen LogP contribution in [0, 0.1) is 11.3 Å². The molecule has 2 rings (SSSR count). The van der Waals surface area contributed by atoms with Gasteiger partial charge in [0.05, 0.1) is 31.3 Å². The Hall–Kier alpha value is -1.87. The zero-order chi connectivity index (χ0) is 15.1. The fraction of sp³-hybridized carbons (Fsp3) is 0.333. The maximum absolute atomic E-state index is 8.85. The summed E-state index contributed by atoms with van der Waals surface area (Å²) in [5.41, 5.74) is 1.53. The Morgan fingerprint density at radius 1 is 1.48 bits per heavy atom. The van der Waals surface area contributed by atoms with Crippen molar-refractivity contribution in [3.63, 3.8) is 0 Å². The molecule has 110 valence electrons. The predicted octanol–water partition coefficient (Wildman–Crippen LogP) is 2.19. The normalized spacial score (nSPS) is 10.5. The highest BCUT2D eigenvalue weighted by atomic mass is 35.5. The lowest BCUT2D eigenvalue weighted by Crippen LogP contribution is -2.21. The average molecular weight is 305 g/mol. The number of benzene rings is 1. The molecule has 0 atom stereocenters. The summed E-state index contributed by atoms with van der Waals surface area (Å²) in [4.78, 5) is 4.34. The monoisotopic (exact) mass is 304 g/mol. The van der Waals surface area contributed by atoms with E-state index in [1.807, 2.05) is 16.8 Å². The summed E-state index contributed by atoms with van der Waals surface area (Å²) in [5, 5.41) is 12.7. The smallest absolute Gasteiger partial charge is 0.122 e. The first kappa shape index (κ1) is 15.5. The summed E-state index contributed by atoms with van der Waals surface area (Å²) in [6.45, 7) is 2.75. The molecule has 0 saturated carbocycles. The van der Waals surface area contributed by atoms with E-state index in [0.29, 0.717) is 30.3 Å². The lowest BCUT2D eigenvalue weighted by Gasteiger charge is -2.10. The van der Waals surface area contributed by atoms with Crippen LogP contribution in [0.2, 0.25) is 5.02 Å². The maximum atomic E-state index is 8.85. The summed E-state index contributed by atoms with van der Waals surface area (Å²) in [7, 11) is 1.68. The molecule has 0 aliphatic carbocycles. The minimum absolute atomic E-state index is 0.566. The fourth-order valence-corrected chi connectivity index (χ4v) is 2.19.